The summed E-state index contributed by atoms with van der Waals surface area (Å²) in [5, 5.41) is 0.702. The lowest BCUT2D eigenvalue weighted by molar-refractivity contribution is 0.0191. The summed E-state index contributed by atoms with van der Waals surface area (Å²) >= 11 is 1.97. The fraction of sp³-hybridized carbons (Fsp3) is 1.00. The van der Waals surface area contributed by atoms with Crippen LogP contribution in [0.2, 0.25) is 0 Å². The van der Waals surface area contributed by atoms with Crippen LogP contribution in [-0.4, -0.2) is 53.7 Å². The van der Waals surface area contributed by atoms with Crippen molar-refractivity contribution in [2.45, 2.75) is 30.7 Å². The molecule has 0 radical (unpaired) electrons. The zero-order chi connectivity index (χ0) is 9.47. The summed E-state index contributed by atoms with van der Waals surface area (Å²) < 4.78 is 0. The number of nitrogens with zero attached hydrogens (tertiary/aromatic N) is 2. The Labute approximate surface area is 85.7 Å². The zero-order valence-electron chi connectivity index (χ0n) is 8.92. The third-order valence-corrected chi connectivity index (χ3v) is 4.92. The Balaban J connectivity index is 1.94. The van der Waals surface area contributed by atoms with Crippen LogP contribution in [0.3, 0.4) is 0 Å². The van der Waals surface area contributed by atoms with Gasteiger partial charge < -0.3 is 0 Å². The van der Waals surface area contributed by atoms with E-state index in [9.17, 15) is 0 Å². The number of rotatable bonds is 2. The molecule has 3 heteroatoms. The van der Waals surface area contributed by atoms with E-state index in [1.165, 1.54) is 32.5 Å². The van der Waals surface area contributed by atoms with Crippen LogP contribution in [-0.2, 0) is 0 Å². The quantitative estimate of drug-likeness (QED) is 0.666. The molecule has 2 heterocycles. The number of likely N-dealkylation sites (tertiary alicyclic amines) is 2. The molecular formula is C10H20N2S. The van der Waals surface area contributed by atoms with Crippen molar-refractivity contribution < 1.29 is 0 Å². The highest BCUT2D eigenvalue weighted by Crippen LogP contribution is 2.39. The zero-order valence-corrected chi connectivity index (χ0v) is 9.73. The maximum Gasteiger partial charge on any atom is 0.0526 e. The number of hydrogen-bond donors (Lipinski definition) is 0. The van der Waals surface area contributed by atoms with Gasteiger partial charge >= 0.3 is 0 Å². The molecule has 0 amide bonds. The topological polar surface area (TPSA) is 6.48 Å². The summed E-state index contributed by atoms with van der Waals surface area (Å²) in [6, 6.07) is 0. The van der Waals surface area contributed by atoms with Gasteiger partial charge in [0.1, 0.15) is 0 Å². The molecule has 0 aromatic carbocycles. The van der Waals surface area contributed by atoms with Crippen molar-refractivity contribution in [1.29, 1.82) is 0 Å². The second-order valence-corrected chi connectivity index (χ2v) is 5.61. The second-order valence-electron chi connectivity index (χ2n) is 4.45. The van der Waals surface area contributed by atoms with Crippen molar-refractivity contribution in [3.8, 4) is 0 Å². The lowest BCUT2D eigenvalue weighted by Crippen LogP contribution is -2.59. The van der Waals surface area contributed by atoms with Gasteiger partial charge in [-0.1, -0.05) is 0 Å². The Kier molecular flexibility index (Phi) is 2.60. The van der Waals surface area contributed by atoms with Crippen LogP contribution in [0.1, 0.15) is 19.8 Å². The van der Waals surface area contributed by atoms with Crippen molar-refractivity contribution in [3.05, 3.63) is 0 Å². The van der Waals surface area contributed by atoms with E-state index < -0.39 is 0 Å². The van der Waals surface area contributed by atoms with E-state index in [4.69, 9.17) is 0 Å². The standard InChI is InChI=1S/C10H20N2S/c1-9(13-3)12-7-5-10(8-12)4-6-11(10)2/h9H,4-8H2,1-3H3/t9?,10-/m1/s1. The third kappa shape index (κ3) is 1.51. The molecule has 2 nitrogen and oxygen atoms in total. The first-order chi connectivity index (χ1) is 6.18. The van der Waals surface area contributed by atoms with Crippen LogP contribution in [0.4, 0.5) is 0 Å². The largest absolute Gasteiger partial charge is 0.299 e. The van der Waals surface area contributed by atoms with Gasteiger partial charge in [-0.3, -0.25) is 9.80 Å². The van der Waals surface area contributed by atoms with Crippen molar-refractivity contribution in [2.75, 3.05) is 32.9 Å². The van der Waals surface area contributed by atoms with Crippen LogP contribution in [0.25, 0.3) is 0 Å². The van der Waals surface area contributed by atoms with E-state index in [0.29, 0.717) is 10.9 Å². The van der Waals surface area contributed by atoms with Gasteiger partial charge in [-0.2, -0.15) is 0 Å². The minimum atomic E-state index is 0.573. The van der Waals surface area contributed by atoms with E-state index in [0.717, 1.165) is 0 Å². The summed E-state index contributed by atoms with van der Waals surface area (Å²) in [5.41, 5.74) is 0.573. The van der Waals surface area contributed by atoms with Crippen LogP contribution >= 0.6 is 11.8 Å². The van der Waals surface area contributed by atoms with Crippen LogP contribution in [0, 0.1) is 0 Å². The molecule has 0 aromatic heterocycles. The summed E-state index contributed by atoms with van der Waals surface area (Å²) in [5.74, 6) is 0. The molecule has 2 atom stereocenters. The minimum absolute atomic E-state index is 0.573. The van der Waals surface area contributed by atoms with E-state index in [1.54, 1.807) is 0 Å². The molecule has 2 rings (SSSR count). The third-order valence-electron chi connectivity index (χ3n) is 3.94. The average Bonchev–Trinajstić information content (AvgIpc) is 2.61. The first-order valence-corrected chi connectivity index (χ1v) is 6.45. The van der Waals surface area contributed by atoms with Crippen molar-refractivity contribution >= 4 is 11.8 Å². The van der Waals surface area contributed by atoms with Gasteiger partial charge in [0.25, 0.3) is 0 Å². The molecule has 0 aromatic rings. The second kappa shape index (κ2) is 3.44. The average molecular weight is 200 g/mol. The van der Waals surface area contributed by atoms with E-state index in [1.807, 2.05) is 11.8 Å². The Hall–Kier alpha value is 0.270. The molecule has 0 N–H and O–H groups in total. The summed E-state index contributed by atoms with van der Waals surface area (Å²) in [4.78, 5) is 5.17. The number of hydrogen-bond acceptors (Lipinski definition) is 3. The predicted molar refractivity (Wildman–Crippen MR) is 59.1 cm³/mol. The van der Waals surface area contributed by atoms with Gasteiger partial charge in [0.2, 0.25) is 0 Å². The molecule has 13 heavy (non-hydrogen) atoms. The summed E-state index contributed by atoms with van der Waals surface area (Å²) in [7, 11) is 2.27. The van der Waals surface area contributed by atoms with Gasteiger partial charge in [-0.05, 0) is 33.1 Å². The Bertz CT molecular complexity index is 197. The monoisotopic (exact) mass is 200 g/mol. The molecule has 2 saturated heterocycles. The highest BCUT2D eigenvalue weighted by atomic mass is 32.2. The highest BCUT2D eigenvalue weighted by molar-refractivity contribution is 7.99. The molecule has 1 unspecified atom stereocenters. The molecular weight excluding hydrogens is 180 g/mol. The fourth-order valence-electron chi connectivity index (χ4n) is 2.51. The molecule has 0 aliphatic carbocycles. The Morgan fingerprint density at radius 2 is 2.00 bits per heavy atom. The van der Waals surface area contributed by atoms with Crippen LogP contribution in [0.5, 0.6) is 0 Å². The first-order valence-electron chi connectivity index (χ1n) is 5.16. The fourth-order valence-corrected chi connectivity index (χ4v) is 2.99. The van der Waals surface area contributed by atoms with E-state index >= 15 is 0 Å². The molecule has 0 saturated carbocycles. The predicted octanol–water partition coefficient (Wildman–Crippen LogP) is 1.48. The number of thioether (sulfide) groups is 1. The maximum atomic E-state index is 2.63. The van der Waals surface area contributed by atoms with Gasteiger partial charge in [0.05, 0.1) is 5.37 Å². The smallest absolute Gasteiger partial charge is 0.0526 e. The molecule has 2 aliphatic rings. The van der Waals surface area contributed by atoms with Gasteiger partial charge in [0.15, 0.2) is 0 Å². The van der Waals surface area contributed by atoms with Gasteiger partial charge in [0, 0.05) is 25.2 Å². The summed E-state index contributed by atoms with van der Waals surface area (Å²) in [6.45, 7) is 6.22. The van der Waals surface area contributed by atoms with Crippen LogP contribution in [0.15, 0.2) is 0 Å². The van der Waals surface area contributed by atoms with Crippen molar-refractivity contribution in [3.63, 3.8) is 0 Å². The number of likely N-dealkylation sites (N-methyl/N-ethyl adjacent to an activating group) is 1. The lowest BCUT2D eigenvalue weighted by atomic mass is 9.85. The molecule has 1 spiro atoms. The first kappa shape index (κ1) is 9.81. The SMILES string of the molecule is CSC(C)N1CC[C@]2(CCN2C)C1. The Morgan fingerprint density at radius 3 is 2.38 bits per heavy atom. The molecule has 76 valence electrons. The van der Waals surface area contributed by atoms with E-state index in [-0.39, 0.29) is 0 Å². The molecule has 2 fully saturated rings. The van der Waals surface area contributed by atoms with Gasteiger partial charge in [-0.25, -0.2) is 0 Å². The van der Waals surface area contributed by atoms with E-state index in [2.05, 4.69) is 30.0 Å². The van der Waals surface area contributed by atoms with Crippen molar-refractivity contribution in [1.82, 2.24) is 9.80 Å². The van der Waals surface area contributed by atoms with Crippen molar-refractivity contribution in [2.24, 2.45) is 0 Å². The molecule has 0 bridgehead atoms. The lowest BCUT2D eigenvalue weighted by Gasteiger charge is -2.49. The highest BCUT2D eigenvalue weighted by Gasteiger charge is 2.47. The maximum absolute atomic E-state index is 2.63. The minimum Gasteiger partial charge on any atom is -0.299 e. The summed E-state index contributed by atoms with van der Waals surface area (Å²) in [6.07, 6.45) is 5.01. The normalized spacial score (nSPS) is 38.1. The van der Waals surface area contributed by atoms with Gasteiger partial charge in [-0.15, -0.1) is 11.8 Å². The Morgan fingerprint density at radius 1 is 1.31 bits per heavy atom. The van der Waals surface area contributed by atoms with Crippen LogP contribution < -0.4 is 0 Å². The molecule has 2 aliphatic heterocycles.